The summed E-state index contributed by atoms with van der Waals surface area (Å²) < 4.78 is 0. The lowest BCUT2D eigenvalue weighted by Crippen LogP contribution is -1.98. The van der Waals surface area contributed by atoms with Crippen LogP contribution in [0.3, 0.4) is 0 Å². The van der Waals surface area contributed by atoms with Crippen LogP contribution in [0, 0.1) is 0 Å². The molecule has 0 bridgehead atoms. The summed E-state index contributed by atoms with van der Waals surface area (Å²) in [4.78, 5) is 3.84. The van der Waals surface area contributed by atoms with Gasteiger partial charge >= 0.3 is 0 Å². The largest absolute Gasteiger partial charge is 0.326 e. The van der Waals surface area contributed by atoms with E-state index < -0.39 is 0 Å². The highest BCUT2D eigenvalue weighted by molar-refractivity contribution is 5.58. The van der Waals surface area contributed by atoms with Crippen LogP contribution in [0.15, 0.2) is 4.99 Å². The molecule has 0 aliphatic rings. The predicted octanol–water partition coefficient (Wildman–Crippen LogP) is 0.0358. The molecule has 0 radical (unpaired) electrons. The third-order valence-corrected chi connectivity index (χ3v) is 0.417. The van der Waals surface area contributed by atoms with Gasteiger partial charge < -0.3 is 5.73 Å². The van der Waals surface area contributed by atoms with Gasteiger partial charge in [-0.1, -0.05) is 0 Å². The van der Waals surface area contributed by atoms with Crippen molar-refractivity contribution in [2.45, 2.75) is 6.92 Å². The van der Waals surface area contributed by atoms with Crippen molar-refractivity contribution in [2.24, 2.45) is 10.7 Å². The minimum Gasteiger partial charge on any atom is -0.326 e. The number of nitrogens with zero attached hydrogens (tertiary/aromatic N) is 1. The fraction of sp³-hybridized carbons (Fsp3) is 0.750. The first-order valence-corrected chi connectivity index (χ1v) is 2.10. The van der Waals surface area contributed by atoms with Gasteiger partial charge in [-0.25, -0.2) is 0 Å². The first-order valence-electron chi connectivity index (χ1n) is 2.10. The van der Waals surface area contributed by atoms with E-state index in [-0.39, 0.29) is 0 Å². The van der Waals surface area contributed by atoms with Crippen LogP contribution in [0.1, 0.15) is 6.92 Å². The van der Waals surface area contributed by atoms with Crippen LogP contribution in [0.25, 0.3) is 0 Å². The molecule has 0 saturated heterocycles. The summed E-state index contributed by atoms with van der Waals surface area (Å²) in [5, 5.41) is 0. The van der Waals surface area contributed by atoms with Crippen molar-refractivity contribution in [3.05, 3.63) is 0 Å². The second-order valence-electron chi connectivity index (χ2n) is 0.917. The third kappa shape index (κ3) is 3.63. The SMILES string of the molecule is CCN=CCN. The van der Waals surface area contributed by atoms with Crippen molar-refractivity contribution in [3.8, 4) is 0 Å². The Labute approximate surface area is 38.1 Å². The Morgan fingerprint density at radius 1 is 1.83 bits per heavy atom. The smallest absolute Gasteiger partial charge is 0.0357 e. The Kier molecular flexibility index (Phi) is 4.34. The number of hydrogen-bond acceptors (Lipinski definition) is 2. The molecular weight excluding hydrogens is 76.1 g/mol. The Bertz CT molecular complexity index is 34.8. The highest BCUT2D eigenvalue weighted by Crippen LogP contribution is 1.57. The van der Waals surface area contributed by atoms with E-state index in [4.69, 9.17) is 5.73 Å². The van der Waals surface area contributed by atoms with Gasteiger partial charge in [0.2, 0.25) is 0 Å². The molecule has 0 aromatic heterocycles. The molecule has 0 aliphatic heterocycles. The van der Waals surface area contributed by atoms with E-state index in [1.807, 2.05) is 6.92 Å². The highest BCUT2D eigenvalue weighted by Gasteiger charge is 1.59. The summed E-state index contributed by atoms with van der Waals surface area (Å²) >= 11 is 0. The molecule has 0 fully saturated rings. The lowest BCUT2D eigenvalue weighted by atomic mass is 10.7. The van der Waals surface area contributed by atoms with E-state index >= 15 is 0 Å². The third-order valence-electron chi connectivity index (χ3n) is 0.417. The highest BCUT2D eigenvalue weighted by atomic mass is 14.7. The van der Waals surface area contributed by atoms with Gasteiger partial charge in [0.05, 0.1) is 0 Å². The first-order chi connectivity index (χ1) is 2.91. The van der Waals surface area contributed by atoms with Crippen LogP contribution in [-0.4, -0.2) is 19.3 Å². The molecule has 2 N–H and O–H groups in total. The average Bonchev–Trinajstić information content (AvgIpc) is 1.61. The van der Waals surface area contributed by atoms with E-state index in [1.165, 1.54) is 0 Å². The average molecular weight is 86.1 g/mol. The molecule has 0 rings (SSSR count). The molecule has 0 saturated carbocycles. The Balaban J connectivity index is 2.73. The lowest BCUT2D eigenvalue weighted by molar-refractivity contribution is 1.13. The topological polar surface area (TPSA) is 38.4 Å². The molecule has 0 aliphatic carbocycles. The minimum atomic E-state index is 0.563. The van der Waals surface area contributed by atoms with E-state index in [0.29, 0.717) is 6.54 Å². The van der Waals surface area contributed by atoms with E-state index in [0.717, 1.165) is 6.54 Å². The van der Waals surface area contributed by atoms with Gasteiger partial charge in [-0.15, -0.1) is 0 Å². The van der Waals surface area contributed by atoms with Crippen LogP contribution in [0.5, 0.6) is 0 Å². The zero-order valence-corrected chi connectivity index (χ0v) is 4.02. The van der Waals surface area contributed by atoms with Gasteiger partial charge in [-0.2, -0.15) is 0 Å². The second kappa shape index (κ2) is 4.63. The van der Waals surface area contributed by atoms with Gasteiger partial charge in [0.1, 0.15) is 0 Å². The second-order valence-corrected chi connectivity index (χ2v) is 0.917. The Morgan fingerprint density at radius 2 is 2.50 bits per heavy atom. The fourth-order valence-corrected chi connectivity index (χ4v) is 0.204. The van der Waals surface area contributed by atoms with Gasteiger partial charge in [-0.05, 0) is 6.92 Å². The molecular formula is C4H10N2. The summed E-state index contributed by atoms with van der Waals surface area (Å²) in [7, 11) is 0. The maximum Gasteiger partial charge on any atom is 0.0357 e. The molecule has 0 heterocycles. The maximum absolute atomic E-state index is 5.07. The van der Waals surface area contributed by atoms with Crippen LogP contribution in [0.4, 0.5) is 0 Å². The molecule has 6 heavy (non-hydrogen) atoms. The van der Waals surface area contributed by atoms with Crippen LogP contribution < -0.4 is 5.73 Å². The van der Waals surface area contributed by atoms with Gasteiger partial charge in [0.25, 0.3) is 0 Å². The quantitative estimate of drug-likeness (QED) is 0.473. The number of aliphatic imine (C=N–C) groups is 1. The molecule has 0 aromatic carbocycles. The number of rotatable bonds is 2. The minimum absolute atomic E-state index is 0.563. The molecule has 36 valence electrons. The van der Waals surface area contributed by atoms with E-state index in [1.54, 1.807) is 6.21 Å². The Morgan fingerprint density at radius 3 is 2.67 bits per heavy atom. The molecule has 0 aromatic rings. The zero-order chi connectivity index (χ0) is 4.83. The van der Waals surface area contributed by atoms with Crippen LogP contribution in [0.2, 0.25) is 0 Å². The van der Waals surface area contributed by atoms with E-state index in [2.05, 4.69) is 4.99 Å². The van der Waals surface area contributed by atoms with Crippen LogP contribution >= 0.6 is 0 Å². The maximum atomic E-state index is 5.07. The summed E-state index contributed by atoms with van der Waals surface area (Å²) in [6, 6.07) is 0. The van der Waals surface area contributed by atoms with Gasteiger partial charge in [0.15, 0.2) is 0 Å². The molecule has 0 atom stereocenters. The van der Waals surface area contributed by atoms with Crippen molar-refractivity contribution in [1.29, 1.82) is 0 Å². The summed E-state index contributed by atoms with van der Waals surface area (Å²) in [6.07, 6.45) is 1.71. The molecule has 0 spiro atoms. The fourth-order valence-electron chi connectivity index (χ4n) is 0.204. The Hall–Kier alpha value is -0.370. The summed E-state index contributed by atoms with van der Waals surface area (Å²) in [5.74, 6) is 0. The molecule has 0 unspecified atom stereocenters. The van der Waals surface area contributed by atoms with E-state index in [9.17, 15) is 0 Å². The first kappa shape index (κ1) is 5.63. The monoisotopic (exact) mass is 86.1 g/mol. The van der Waals surface area contributed by atoms with Crippen molar-refractivity contribution in [2.75, 3.05) is 13.1 Å². The van der Waals surface area contributed by atoms with Gasteiger partial charge in [0, 0.05) is 19.3 Å². The molecule has 0 amide bonds. The van der Waals surface area contributed by atoms with Gasteiger partial charge in [-0.3, -0.25) is 4.99 Å². The van der Waals surface area contributed by atoms with Crippen molar-refractivity contribution in [3.63, 3.8) is 0 Å². The van der Waals surface area contributed by atoms with Crippen LogP contribution in [-0.2, 0) is 0 Å². The number of hydrogen-bond donors (Lipinski definition) is 1. The summed E-state index contributed by atoms with van der Waals surface area (Å²) in [5.41, 5.74) is 5.07. The van der Waals surface area contributed by atoms with Crippen molar-refractivity contribution < 1.29 is 0 Å². The molecule has 2 nitrogen and oxygen atoms in total. The van der Waals surface area contributed by atoms with Crippen molar-refractivity contribution >= 4 is 6.21 Å². The van der Waals surface area contributed by atoms with Crippen molar-refractivity contribution in [1.82, 2.24) is 0 Å². The lowest BCUT2D eigenvalue weighted by Gasteiger charge is -1.74. The predicted molar refractivity (Wildman–Crippen MR) is 28.1 cm³/mol. The molecule has 2 heteroatoms. The zero-order valence-electron chi connectivity index (χ0n) is 4.02. The normalized spacial score (nSPS) is 10.3. The summed E-state index contributed by atoms with van der Waals surface area (Å²) in [6.45, 7) is 3.39. The number of nitrogens with two attached hydrogens (primary N) is 1. The standard InChI is InChI=1S/C4H10N2/c1-2-6-4-3-5/h4H,2-3,5H2,1H3.